The van der Waals surface area contributed by atoms with Gasteiger partial charge in [0.25, 0.3) is 0 Å². The molecule has 2 bridgehead atoms. The topological polar surface area (TPSA) is 58.4 Å². The Balaban J connectivity index is 1.47. The number of nitrogens with two attached hydrogens (primary N) is 1. The van der Waals surface area contributed by atoms with Crippen molar-refractivity contribution < 1.29 is 4.79 Å². The Bertz CT molecular complexity index is 395. The first-order valence-electron chi connectivity index (χ1n) is 8.00. The normalized spacial score (nSPS) is 46.0. The van der Waals surface area contributed by atoms with Crippen molar-refractivity contribution >= 4 is 5.91 Å². The number of piperidine rings is 1. The Morgan fingerprint density at radius 1 is 1.16 bits per heavy atom. The lowest BCUT2D eigenvalue weighted by molar-refractivity contribution is -0.124. The largest absolute Gasteiger partial charge is 0.368 e. The Labute approximate surface area is 115 Å². The molecule has 0 spiro atoms. The number of fused-ring (bicyclic) bond motifs is 2. The number of primary amides is 1. The summed E-state index contributed by atoms with van der Waals surface area (Å²) in [6, 6.07) is 1.95. The molecule has 4 heteroatoms. The Morgan fingerprint density at radius 2 is 2.00 bits per heavy atom. The van der Waals surface area contributed by atoms with Crippen LogP contribution < -0.4 is 11.1 Å². The maximum atomic E-state index is 11.9. The number of nitrogens with zero attached hydrogens (tertiary/aromatic N) is 1. The van der Waals surface area contributed by atoms with Crippen molar-refractivity contribution in [2.24, 2.45) is 11.7 Å². The lowest BCUT2D eigenvalue weighted by Crippen LogP contribution is -2.55. The van der Waals surface area contributed by atoms with Crippen LogP contribution in [0.5, 0.6) is 0 Å². The van der Waals surface area contributed by atoms with Crippen LogP contribution in [0.2, 0.25) is 0 Å². The van der Waals surface area contributed by atoms with Crippen LogP contribution in [0, 0.1) is 5.92 Å². The number of amides is 1. The standard InChI is InChI=1S/C15H25N3O/c16-14(19)15(17-11-2-3-11)6-5-13(8-15)18-9-10-1-4-12(18)7-10/h10-13,17H,1-9H2,(H2,16,19). The van der Waals surface area contributed by atoms with E-state index in [0.717, 1.165) is 31.2 Å². The molecule has 4 unspecified atom stereocenters. The minimum atomic E-state index is -0.395. The quantitative estimate of drug-likeness (QED) is 0.795. The molecule has 1 amide bonds. The van der Waals surface area contributed by atoms with Crippen molar-refractivity contribution in [3.8, 4) is 0 Å². The average Bonchev–Trinajstić information content (AvgIpc) is 2.82. The summed E-state index contributed by atoms with van der Waals surface area (Å²) in [5, 5.41) is 3.56. The van der Waals surface area contributed by atoms with Gasteiger partial charge in [-0.25, -0.2) is 0 Å². The van der Waals surface area contributed by atoms with Gasteiger partial charge in [-0.3, -0.25) is 9.69 Å². The first-order chi connectivity index (χ1) is 9.16. The Morgan fingerprint density at radius 3 is 2.58 bits per heavy atom. The second kappa shape index (κ2) is 4.19. The fourth-order valence-corrected chi connectivity index (χ4v) is 4.76. The van der Waals surface area contributed by atoms with Gasteiger partial charge in [-0.15, -0.1) is 0 Å². The number of hydrogen-bond acceptors (Lipinski definition) is 3. The first-order valence-corrected chi connectivity index (χ1v) is 8.00. The van der Waals surface area contributed by atoms with Gasteiger partial charge in [-0.2, -0.15) is 0 Å². The third kappa shape index (κ3) is 2.00. The van der Waals surface area contributed by atoms with E-state index < -0.39 is 5.54 Å². The minimum absolute atomic E-state index is 0.119. The SMILES string of the molecule is NC(=O)C1(NC2CC2)CCC(N2CC3CCC2C3)C1. The summed E-state index contributed by atoms with van der Waals surface area (Å²) in [5.41, 5.74) is 5.33. The van der Waals surface area contributed by atoms with E-state index in [1.165, 1.54) is 38.6 Å². The van der Waals surface area contributed by atoms with E-state index in [9.17, 15) is 4.79 Å². The second-order valence-corrected chi connectivity index (χ2v) is 7.29. The Kier molecular flexibility index (Phi) is 2.68. The number of hydrogen-bond donors (Lipinski definition) is 2. The average molecular weight is 263 g/mol. The highest BCUT2D eigenvalue weighted by molar-refractivity contribution is 5.85. The zero-order valence-electron chi connectivity index (χ0n) is 11.6. The molecule has 0 aromatic carbocycles. The number of carbonyl (C=O) groups excluding carboxylic acids is 1. The van der Waals surface area contributed by atoms with E-state index in [1.807, 2.05) is 0 Å². The number of likely N-dealkylation sites (tertiary alicyclic amines) is 1. The Hall–Kier alpha value is -0.610. The third-order valence-corrected chi connectivity index (χ3v) is 5.94. The van der Waals surface area contributed by atoms with Gasteiger partial charge in [-0.05, 0) is 57.3 Å². The van der Waals surface area contributed by atoms with E-state index in [2.05, 4.69) is 10.2 Å². The fraction of sp³-hybridized carbons (Fsp3) is 0.933. The van der Waals surface area contributed by atoms with Crippen molar-refractivity contribution in [2.45, 2.75) is 75.0 Å². The van der Waals surface area contributed by atoms with E-state index in [-0.39, 0.29) is 5.91 Å². The van der Waals surface area contributed by atoms with E-state index >= 15 is 0 Å². The molecule has 4 nitrogen and oxygen atoms in total. The van der Waals surface area contributed by atoms with Crippen molar-refractivity contribution in [3.05, 3.63) is 0 Å². The number of carbonyl (C=O) groups is 1. The van der Waals surface area contributed by atoms with Gasteiger partial charge in [-0.1, -0.05) is 0 Å². The van der Waals surface area contributed by atoms with E-state index in [1.54, 1.807) is 0 Å². The molecule has 1 heterocycles. The van der Waals surface area contributed by atoms with Gasteiger partial charge >= 0.3 is 0 Å². The maximum absolute atomic E-state index is 11.9. The number of nitrogens with one attached hydrogen (secondary N) is 1. The summed E-state index contributed by atoms with van der Waals surface area (Å²) >= 11 is 0. The van der Waals surface area contributed by atoms with Gasteiger partial charge in [0, 0.05) is 24.7 Å². The predicted molar refractivity (Wildman–Crippen MR) is 73.6 cm³/mol. The molecule has 0 radical (unpaired) electrons. The summed E-state index contributed by atoms with van der Waals surface area (Å²) in [4.78, 5) is 14.7. The van der Waals surface area contributed by atoms with Crippen molar-refractivity contribution in [1.82, 2.24) is 10.2 Å². The van der Waals surface area contributed by atoms with Crippen LogP contribution in [0.25, 0.3) is 0 Å². The zero-order chi connectivity index (χ0) is 13.0. The van der Waals surface area contributed by atoms with Crippen LogP contribution in [-0.2, 0) is 4.79 Å². The van der Waals surface area contributed by atoms with Crippen LogP contribution in [0.4, 0.5) is 0 Å². The molecular weight excluding hydrogens is 238 g/mol. The molecule has 1 aliphatic heterocycles. The molecular formula is C15H25N3O. The summed E-state index contributed by atoms with van der Waals surface area (Å²) in [7, 11) is 0. The molecule has 0 aromatic heterocycles. The van der Waals surface area contributed by atoms with Crippen LogP contribution >= 0.6 is 0 Å². The summed E-state index contributed by atoms with van der Waals surface area (Å²) in [6.45, 7) is 1.27. The van der Waals surface area contributed by atoms with Crippen LogP contribution in [0.3, 0.4) is 0 Å². The highest BCUT2D eigenvalue weighted by Gasteiger charge is 2.51. The van der Waals surface area contributed by atoms with Crippen molar-refractivity contribution in [1.29, 1.82) is 0 Å². The van der Waals surface area contributed by atoms with Crippen LogP contribution in [0.1, 0.15) is 51.4 Å². The molecule has 4 fully saturated rings. The highest BCUT2D eigenvalue weighted by Crippen LogP contribution is 2.44. The molecule has 3 saturated carbocycles. The van der Waals surface area contributed by atoms with E-state index in [4.69, 9.17) is 5.73 Å². The van der Waals surface area contributed by atoms with Gasteiger partial charge in [0.1, 0.15) is 0 Å². The number of rotatable bonds is 4. The summed E-state index contributed by atoms with van der Waals surface area (Å²) in [6.07, 6.45) is 9.67. The van der Waals surface area contributed by atoms with Gasteiger partial charge < -0.3 is 11.1 Å². The minimum Gasteiger partial charge on any atom is -0.368 e. The van der Waals surface area contributed by atoms with Gasteiger partial charge in [0.15, 0.2) is 0 Å². The molecule has 1 saturated heterocycles. The van der Waals surface area contributed by atoms with Crippen molar-refractivity contribution in [2.75, 3.05) is 6.54 Å². The second-order valence-electron chi connectivity index (χ2n) is 7.29. The monoisotopic (exact) mass is 263 g/mol. The lowest BCUT2D eigenvalue weighted by Gasteiger charge is -2.34. The third-order valence-electron chi connectivity index (χ3n) is 5.94. The molecule has 0 aromatic rings. The molecule has 4 rings (SSSR count). The van der Waals surface area contributed by atoms with Gasteiger partial charge in [0.2, 0.25) is 5.91 Å². The lowest BCUT2D eigenvalue weighted by atomic mass is 9.95. The molecule has 4 atom stereocenters. The molecule has 106 valence electrons. The molecule has 4 aliphatic rings. The van der Waals surface area contributed by atoms with Crippen LogP contribution in [0.15, 0.2) is 0 Å². The predicted octanol–water partition coefficient (Wildman–Crippen LogP) is 0.999. The molecule has 19 heavy (non-hydrogen) atoms. The molecule has 3 aliphatic carbocycles. The van der Waals surface area contributed by atoms with E-state index in [0.29, 0.717) is 12.1 Å². The fourth-order valence-electron chi connectivity index (χ4n) is 4.76. The smallest absolute Gasteiger partial charge is 0.237 e. The molecule has 3 N–H and O–H groups in total. The summed E-state index contributed by atoms with van der Waals surface area (Å²) in [5.74, 6) is 0.816. The van der Waals surface area contributed by atoms with Crippen molar-refractivity contribution in [3.63, 3.8) is 0 Å². The van der Waals surface area contributed by atoms with Crippen LogP contribution in [-0.4, -0.2) is 41.0 Å². The maximum Gasteiger partial charge on any atom is 0.237 e. The van der Waals surface area contributed by atoms with Gasteiger partial charge in [0.05, 0.1) is 5.54 Å². The zero-order valence-corrected chi connectivity index (χ0v) is 11.6. The highest BCUT2D eigenvalue weighted by atomic mass is 16.1. The first kappa shape index (κ1) is 12.2. The summed E-state index contributed by atoms with van der Waals surface area (Å²) < 4.78 is 0.